The molecule has 0 amide bonds. The number of aryl methyl sites for hydroxylation is 1. The first-order valence-corrected chi connectivity index (χ1v) is 13.1. The highest BCUT2D eigenvalue weighted by molar-refractivity contribution is 5.22. The highest BCUT2D eigenvalue weighted by Crippen LogP contribution is 2.14. The normalized spacial score (nSPS) is 11.9. The quantitative estimate of drug-likeness (QED) is 0.294. The molecule has 3 rings (SSSR count). The molecule has 0 atom stereocenters. The molecule has 1 aromatic carbocycles. The lowest BCUT2D eigenvalue weighted by Crippen LogP contribution is -2.27. The summed E-state index contributed by atoms with van der Waals surface area (Å²) in [6.45, 7) is 12.6. The highest BCUT2D eigenvalue weighted by atomic mass is 15.2. The van der Waals surface area contributed by atoms with Crippen LogP contribution < -0.4 is 0 Å². The van der Waals surface area contributed by atoms with Gasteiger partial charge >= 0.3 is 0 Å². The van der Waals surface area contributed by atoms with E-state index >= 15 is 0 Å². The number of H-pyrrole nitrogens is 1. The van der Waals surface area contributed by atoms with Gasteiger partial charge in [-0.05, 0) is 70.0 Å². The maximum Gasteiger partial charge on any atom is 0.138 e. The molecule has 3 aromatic rings. The van der Waals surface area contributed by atoms with Crippen molar-refractivity contribution in [3.05, 3.63) is 65.8 Å². The Bertz CT molecular complexity index is 929. The maximum absolute atomic E-state index is 4.50. The van der Waals surface area contributed by atoms with Crippen molar-refractivity contribution in [3.8, 4) is 0 Å². The second-order valence-corrected chi connectivity index (χ2v) is 9.63. The zero-order valence-electron chi connectivity index (χ0n) is 22.2. The van der Waals surface area contributed by atoms with Gasteiger partial charge < -0.3 is 14.4 Å². The smallest absolute Gasteiger partial charge is 0.138 e. The summed E-state index contributed by atoms with van der Waals surface area (Å²) >= 11 is 0. The molecule has 2 heterocycles. The van der Waals surface area contributed by atoms with Crippen LogP contribution in [0.15, 0.2) is 43.0 Å². The van der Waals surface area contributed by atoms with Crippen LogP contribution in [0.3, 0.4) is 0 Å². The third-order valence-corrected chi connectivity index (χ3v) is 6.35. The van der Waals surface area contributed by atoms with Crippen LogP contribution in [0.5, 0.6) is 0 Å². The van der Waals surface area contributed by atoms with Crippen LogP contribution in [0.25, 0.3) is 0 Å². The maximum atomic E-state index is 4.50. The Hall–Kier alpha value is -2.55. The van der Waals surface area contributed by atoms with Crippen molar-refractivity contribution in [3.63, 3.8) is 0 Å². The van der Waals surface area contributed by atoms with Gasteiger partial charge in [0.25, 0.3) is 0 Å². The zero-order chi connectivity index (χ0) is 24.9. The summed E-state index contributed by atoms with van der Waals surface area (Å²) in [6.07, 6.45) is 10.4. The standard InChI is InChI=1S/C27H44N8/c1-5-14-34(15-6-2)17-8-7-16-32(3)19-24-9-11-25(12-10-24)20-35(21-26-29-23-30-31-26)22-27-28-13-18-33(27)4/h9-13,18,23H,5-8,14-17,19-22H2,1-4H3,(H,29,30,31). The van der Waals surface area contributed by atoms with Crippen LogP contribution in [0.4, 0.5) is 0 Å². The van der Waals surface area contributed by atoms with Crippen LogP contribution in [-0.4, -0.2) is 72.7 Å². The molecule has 0 aliphatic heterocycles. The first kappa shape index (κ1) is 27.0. The summed E-state index contributed by atoms with van der Waals surface area (Å²) in [4.78, 5) is 16.2. The Morgan fingerprint density at radius 2 is 1.49 bits per heavy atom. The lowest BCUT2D eigenvalue weighted by atomic mass is 10.1. The minimum Gasteiger partial charge on any atom is -0.337 e. The molecular formula is C27H44N8. The number of unbranched alkanes of at least 4 members (excludes halogenated alkanes) is 1. The average molecular weight is 481 g/mol. The summed E-state index contributed by atoms with van der Waals surface area (Å²) in [6, 6.07) is 9.04. The number of nitrogens with one attached hydrogen (secondary N) is 1. The Morgan fingerprint density at radius 3 is 2.09 bits per heavy atom. The minimum atomic E-state index is 0.700. The Balaban J connectivity index is 1.47. The molecule has 0 spiro atoms. The van der Waals surface area contributed by atoms with Gasteiger partial charge in [0.1, 0.15) is 18.0 Å². The SMILES string of the molecule is CCCN(CCC)CCCCN(C)Cc1ccc(CN(Cc2ncn[nH]2)Cc2nccn2C)cc1. The van der Waals surface area contributed by atoms with E-state index in [1.54, 1.807) is 6.33 Å². The van der Waals surface area contributed by atoms with Gasteiger partial charge in [0.05, 0.1) is 13.1 Å². The first-order valence-electron chi connectivity index (χ1n) is 13.1. The number of hydrogen-bond donors (Lipinski definition) is 1. The van der Waals surface area contributed by atoms with Crippen molar-refractivity contribution in [2.45, 2.75) is 65.7 Å². The molecule has 0 radical (unpaired) electrons. The van der Waals surface area contributed by atoms with Gasteiger partial charge in [-0.15, -0.1) is 0 Å². The fourth-order valence-electron chi connectivity index (χ4n) is 4.52. The van der Waals surface area contributed by atoms with E-state index < -0.39 is 0 Å². The van der Waals surface area contributed by atoms with E-state index in [0.717, 1.165) is 37.8 Å². The van der Waals surface area contributed by atoms with Crippen molar-refractivity contribution < 1.29 is 0 Å². The van der Waals surface area contributed by atoms with Crippen LogP contribution in [0, 0.1) is 0 Å². The number of nitrogens with zero attached hydrogens (tertiary/aromatic N) is 7. The van der Waals surface area contributed by atoms with Gasteiger partial charge in [-0.25, -0.2) is 9.97 Å². The van der Waals surface area contributed by atoms with Gasteiger partial charge in [0, 0.05) is 32.5 Å². The molecule has 0 fully saturated rings. The topological polar surface area (TPSA) is 69.1 Å². The lowest BCUT2D eigenvalue weighted by molar-refractivity contribution is 0.233. The largest absolute Gasteiger partial charge is 0.337 e. The number of rotatable bonds is 17. The first-order chi connectivity index (χ1) is 17.1. The Kier molecular flexibility index (Phi) is 11.4. The number of hydrogen-bond acceptors (Lipinski definition) is 6. The van der Waals surface area contributed by atoms with Crippen LogP contribution in [0.1, 0.15) is 62.3 Å². The van der Waals surface area contributed by atoms with Crippen molar-refractivity contribution in [2.24, 2.45) is 7.05 Å². The Labute approximate surface area is 211 Å². The molecule has 0 saturated heterocycles. The van der Waals surface area contributed by atoms with E-state index in [1.165, 1.54) is 56.4 Å². The summed E-state index contributed by atoms with van der Waals surface area (Å²) in [5.41, 5.74) is 2.65. The molecule has 1 N–H and O–H groups in total. The lowest BCUT2D eigenvalue weighted by Gasteiger charge is -2.22. The molecule has 2 aromatic heterocycles. The number of aromatic nitrogens is 5. The summed E-state index contributed by atoms with van der Waals surface area (Å²) < 4.78 is 2.07. The second-order valence-electron chi connectivity index (χ2n) is 9.63. The van der Waals surface area contributed by atoms with Crippen LogP contribution in [-0.2, 0) is 33.2 Å². The molecule has 35 heavy (non-hydrogen) atoms. The summed E-state index contributed by atoms with van der Waals surface area (Å²) in [5.74, 6) is 1.90. The predicted octanol–water partition coefficient (Wildman–Crippen LogP) is 4.07. The number of aromatic amines is 1. The number of imidazole rings is 1. The average Bonchev–Trinajstić information content (AvgIpc) is 3.50. The second kappa shape index (κ2) is 14.8. The number of benzene rings is 1. The molecule has 8 heteroatoms. The molecule has 0 bridgehead atoms. The fourth-order valence-corrected chi connectivity index (χ4v) is 4.52. The summed E-state index contributed by atoms with van der Waals surface area (Å²) in [7, 11) is 4.27. The monoisotopic (exact) mass is 480 g/mol. The van der Waals surface area contributed by atoms with Crippen molar-refractivity contribution >= 4 is 0 Å². The Morgan fingerprint density at radius 1 is 0.800 bits per heavy atom. The fraction of sp³-hybridized carbons (Fsp3) is 0.593. The third-order valence-electron chi connectivity index (χ3n) is 6.35. The molecule has 192 valence electrons. The van der Waals surface area contributed by atoms with Crippen molar-refractivity contribution in [1.29, 1.82) is 0 Å². The predicted molar refractivity (Wildman–Crippen MR) is 142 cm³/mol. The van der Waals surface area contributed by atoms with Gasteiger partial charge in [0.15, 0.2) is 0 Å². The molecule has 0 aliphatic rings. The van der Waals surface area contributed by atoms with E-state index in [2.05, 4.69) is 84.6 Å². The van der Waals surface area contributed by atoms with Gasteiger partial charge in [-0.3, -0.25) is 10.00 Å². The van der Waals surface area contributed by atoms with E-state index in [1.807, 2.05) is 19.4 Å². The van der Waals surface area contributed by atoms with E-state index in [0.29, 0.717) is 6.54 Å². The molecule has 0 unspecified atom stereocenters. The van der Waals surface area contributed by atoms with Gasteiger partial charge in [-0.2, -0.15) is 5.10 Å². The minimum absolute atomic E-state index is 0.700. The van der Waals surface area contributed by atoms with Gasteiger partial charge in [0.2, 0.25) is 0 Å². The van der Waals surface area contributed by atoms with Crippen molar-refractivity contribution in [1.82, 2.24) is 39.4 Å². The third kappa shape index (κ3) is 9.55. The van der Waals surface area contributed by atoms with E-state index in [9.17, 15) is 0 Å². The zero-order valence-corrected chi connectivity index (χ0v) is 22.2. The van der Waals surface area contributed by atoms with E-state index in [-0.39, 0.29) is 0 Å². The highest BCUT2D eigenvalue weighted by Gasteiger charge is 2.13. The molecular weight excluding hydrogens is 436 g/mol. The molecule has 8 nitrogen and oxygen atoms in total. The van der Waals surface area contributed by atoms with Crippen LogP contribution >= 0.6 is 0 Å². The molecule has 0 aliphatic carbocycles. The van der Waals surface area contributed by atoms with Crippen LogP contribution in [0.2, 0.25) is 0 Å². The summed E-state index contributed by atoms with van der Waals surface area (Å²) in [5, 5.41) is 6.98. The van der Waals surface area contributed by atoms with Crippen molar-refractivity contribution in [2.75, 3.05) is 33.2 Å². The van der Waals surface area contributed by atoms with Gasteiger partial charge in [-0.1, -0.05) is 38.1 Å². The van der Waals surface area contributed by atoms with E-state index in [4.69, 9.17) is 0 Å². The molecule has 0 saturated carbocycles.